The zero-order valence-electron chi connectivity index (χ0n) is 12.7. The van der Waals surface area contributed by atoms with Gasteiger partial charge < -0.3 is 23.7 Å². The van der Waals surface area contributed by atoms with Crippen LogP contribution in [0.1, 0.15) is 27.7 Å². The highest BCUT2D eigenvalue weighted by molar-refractivity contribution is 5.69. The lowest BCUT2D eigenvalue weighted by molar-refractivity contribution is -0.273. The van der Waals surface area contributed by atoms with E-state index in [-0.39, 0.29) is 6.61 Å². The third kappa shape index (κ3) is 5.32. The van der Waals surface area contributed by atoms with E-state index < -0.39 is 48.5 Å². The van der Waals surface area contributed by atoms with Crippen LogP contribution >= 0.6 is 0 Å². The van der Waals surface area contributed by atoms with Crippen molar-refractivity contribution in [2.45, 2.75) is 52.3 Å². The molecule has 22 heavy (non-hydrogen) atoms. The van der Waals surface area contributed by atoms with Gasteiger partial charge in [0.25, 0.3) is 0 Å². The van der Waals surface area contributed by atoms with E-state index in [0.29, 0.717) is 0 Å². The SMILES string of the molecule is CC(=O)O[C@@H]1OC[C@H](OC(C)=O)[C@@H](OC(C)=O)[C@H]1OC(C)=O. The van der Waals surface area contributed by atoms with Gasteiger partial charge in [-0.1, -0.05) is 0 Å². The highest BCUT2D eigenvalue weighted by atomic mass is 16.7. The highest BCUT2D eigenvalue weighted by Gasteiger charge is 2.48. The zero-order valence-corrected chi connectivity index (χ0v) is 12.7. The van der Waals surface area contributed by atoms with E-state index >= 15 is 0 Å². The number of ether oxygens (including phenoxy) is 5. The maximum absolute atomic E-state index is 11.3. The molecule has 1 aliphatic heterocycles. The fourth-order valence-electron chi connectivity index (χ4n) is 1.97. The lowest BCUT2D eigenvalue weighted by Crippen LogP contribution is -2.58. The van der Waals surface area contributed by atoms with E-state index in [1.54, 1.807) is 0 Å². The summed E-state index contributed by atoms with van der Waals surface area (Å²) < 4.78 is 25.2. The third-order valence-electron chi connectivity index (χ3n) is 2.59. The van der Waals surface area contributed by atoms with Crippen LogP contribution in [-0.2, 0) is 42.9 Å². The number of hydrogen-bond acceptors (Lipinski definition) is 9. The van der Waals surface area contributed by atoms with Crippen LogP contribution in [0.4, 0.5) is 0 Å². The lowest BCUT2D eigenvalue weighted by Gasteiger charge is -2.39. The molecule has 0 N–H and O–H groups in total. The lowest BCUT2D eigenvalue weighted by atomic mass is 10.0. The Bertz CT molecular complexity index is 416. The fraction of sp³-hybridized carbons (Fsp3) is 0.692. The smallest absolute Gasteiger partial charge is 0.305 e. The van der Waals surface area contributed by atoms with Gasteiger partial charge in [-0.25, -0.2) is 0 Å². The largest absolute Gasteiger partial charge is 0.456 e. The Morgan fingerprint density at radius 1 is 0.727 bits per heavy atom. The zero-order chi connectivity index (χ0) is 16.9. The van der Waals surface area contributed by atoms with Crippen molar-refractivity contribution in [3.05, 3.63) is 0 Å². The van der Waals surface area contributed by atoms with Crippen LogP contribution in [-0.4, -0.2) is 55.1 Å². The topological polar surface area (TPSA) is 114 Å². The van der Waals surface area contributed by atoms with E-state index in [1.807, 2.05) is 0 Å². The first-order valence-corrected chi connectivity index (χ1v) is 6.51. The molecule has 0 aromatic carbocycles. The molecule has 1 aliphatic rings. The molecule has 0 radical (unpaired) electrons. The van der Waals surface area contributed by atoms with Gasteiger partial charge in [-0.15, -0.1) is 0 Å². The second-order valence-corrected chi connectivity index (χ2v) is 4.61. The normalized spacial score (nSPS) is 27.5. The second kappa shape index (κ2) is 7.74. The van der Waals surface area contributed by atoms with Crippen LogP contribution in [0.5, 0.6) is 0 Å². The highest BCUT2D eigenvalue weighted by Crippen LogP contribution is 2.25. The van der Waals surface area contributed by atoms with Gasteiger partial charge in [0.05, 0.1) is 6.61 Å². The van der Waals surface area contributed by atoms with E-state index in [0.717, 1.165) is 20.8 Å². The van der Waals surface area contributed by atoms with Gasteiger partial charge in [0.15, 0.2) is 12.2 Å². The summed E-state index contributed by atoms with van der Waals surface area (Å²) in [7, 11) is 0. The van der Waals surface area contributed by atoms with Gasteiger partial charge in [-0.05, 0) is 0 Å². The number of carbonyl (C=O) groups is 4. The molecule has 1 fully saturated rings. The number of carbonyl (C=O) groups excluding carboxylic acids is 4. The number of esters is 4. The number of rotatable bonds is 4. The molecular formula is C13H18O9. The minimum Gasteiger partial charge on any atom is -0.456 e. The van der Waals surface area contributed by atoms with Crippen LogP contribution in [0, 0.1) is 0 Å². The molecule has 124 valence electrons. The van der Waals surface area contributed by atoms with Crippen molar-refractivity contribution >= 4 is 23.9 Å². The Labute approximate surface area is 126 Å². The Balaban J connectivity index is 3.03. The Morgan fingerprint density at radius 2 is 1.18 bits per heavy atom. The Kier molecular flexibility index (Phi) is 6.29. The Morgan fingerprint density at radius 3 is 1.64 bits per heavy atom. The summed E-state index contributed by atoms with van der Waals surface area (Å²) in [5, 5.41) is 0. The molecule has 4 atom stereocenters. The maximum atomic E-state index is 11.3. The molecule has 9 nitrogen and oxygen atoms in total. The van der Waals surface area contributed by atoms with Crippen LogP contribution in [0.15, 0.2) is 0 Å². The molecule has 0 aliphatic carbocycles. The molecule has 1 heterocycles. The van der Waals surface area contributed by atoms with Crippen molar-refractivity contribution in [3.63, 3.8) is 0 Å². The van der Waals surface area contributed by atoms with E-state index in [4.69, 9.17) is 23.7 Å². The quantitative estimate of drug-likeness (QED) is 0.509. The molecule has 0 aromatic heterocycles. The summed E-state index contributed by atoms with van der Waals surface area (Å²) in [6.45, 7) is 4.40. The van der Waals surface area contributed by atoms with Crippen LogP contribution in [0.25, 0.3) is 0 Å². The molecule has 1 saturated heterocycles. The van der Waals surface area contributed by atoms with Crippen molar-refractivity contribution < 1.29 is 42.9 Å². The van der Waals surface area contributed by atoms with Crippen LogP contribution in [0.3, 0.4) is 0 Å². The first-order chi connectivity index (χ1) is 10.2. The van der Waals surface area contributed by atoms with Crippen LogP contribution < -0.4 is 0 Å². The predicted molar refractivity (Wildman–Crippen MR) is 68.2 cm³/mol. The van der Waals surface area contributed by atoms with E-state index in [2.05, 4.69) is 0 Å². The summed E-state index contributed by atoms with van der Waals surface area (Å²) in [5.41, 5.74) is 0. The maximum Gasteiger partial charge on any atom is 0.305 e. The molecule has 0 saturated carbocycles. The van der Waals surface area contributed by atoms with E-state index in [9.17, 15) is 19.2 Å². The van der Waals surface area contributed by atoms with Crippen molar-refractivity contribution in [1.82, 2.24) is 0 Å². The van der Waals surface area contributed by atoms with Gasteiger partial charge in [-0.3, -0.25) is 19.2 Å². The molecule has 0 spiro atoms. The average molecular weight is 318 g/mol. The van der Waals surface area contributed by atoms with Crippen molar-refractivity contribution in [3.8, 4) is 0 Å². The standard InChI is InChI=1S/C13H18O9/c1-6(14)19-10-5-18-13(22-9(4)17)12(21-8(3)16)11(10)20-7(2)15/h10-13H,5H2,1-4H3/t10-,11+,12+,13-/m0/s1. The minimum absolute atomic E-state index is 0.187. The fourth-order valence-corrected chi connectivity index (χ4v) is 1.97. The number of hydrogen-bond donors (Lipinski definition) is 0. The third-order valence-corrected chi connectivity index (χ3v) is 2.59. The minimum atomic E-state index is -1.27. The van der Waals surface area contributed by atoms with Crippen molar-refractivity contribution in [1.29, 1.82) is 0 Å². The first-order valence-electron chi connectivity index (χ1n) is 6.51. The van der Waals surface area contributed by atoms with Crippen molar-refractivity contribution in [2.24, 2.45) is 0 Å². The van der Waals surface area contributed by atoms with Gasteiger partial charge >= 0.3 is 23.9 Å². The molecule has 1 rings (SSSR count). The van der Waals surface area contributed by atoms with Gasteiger partial charge in [0.2, 0.25) is 12.4 Å². The molecule has 0 amide bonds. The summed E-state index contributed by atoms with van der Waals surface area (Å²) in [6.07, 6.45) is -4.65. The summed E-state index contributed by atoms with van der Waals surface area (Å²) >= 11 is 0. The van der Waals surface area contributed by atoms with E-state index in [1.165, 1.54) is 6.92 Å². The molecule has 9 heteroatoms. The molecule has 0 bridgehead atoms. The predicted octanol–water partition coefficient (Wildman–Crippen LogP) is -0.299. The molecule has 0 unspecified atom stereocenters. The van der Waals surface area contributed by atoms with Gasteiger partial charge in [-0.2, -0.15) is 0 Å². The molecular weight excluding hydrogens is 300 g/mol. The summed E-state index contributed by atoms with van der Waals surface area (Å²) in [5.74, 6) is -2.68. The first kappa shape index (κ1) is 17.9. The Hall–Kier alpha value is -2.16. The average Bonchev–Trinajstić information content (AvgIpc) is 2.34. The van der Waals surface area contributed by atoms with Gasteiger partial charge in [0, 0.05) is 27.7 Å². The van der Waals surface area contributed by atoms with Gasteiger partial charge in [0.1, 0.15) is 0 Å². The van der Waals surface area contributed by atoms with Crippen LogP contribution in [0.2, 0.25) is 0 Å². The van der Waals surface area contributed by atoms with Crippen molar-refractivity contribution in [2.75, 3.05) is 6.61 Å². The molecule has 0 aromatic rings. The summed E-state index contributed by atoms with van der Waals surface area (Å²) in [4.78, 5) is 44.7. The second-order valence-electron chi connectivity index (χ2n) is 4.61. The summed E-state index contributed by atoms with van der Waals surface area (Å²) in [6, 6.07) is 0. The monoisotopic (exact) mass is 318 g/mol.